The summed E-state index contributed by atoms with van der Waals surface area (Å²) in [6, 6.07) is 9.84. The first-order chi connectivity index (χ1) is 14.5. The molecule has 156 valence electrons. The Morgan fingerprint density at radius 2 is 2.00 bits per heavy atom. The Hall–Kier alpha value is -2.29. The van der Waals surface area contributed by atoms with Crippen LogP contribution in [0.4, 0.5) is 10.1 Å². The first-order valence-corrected chi connectivity index (χ1v) is 11.8. The second-order valence-corrected chi connectivity index (χ2v) is 10.1. The van der Waals surface area contributed by atoms with Crippen molar-refractivity contribution in [3.05, 3.63) is 51.3 Å². The minimum atomic E-state index is -0.387. The van der Waals surface area contributed by atoms with Gasteiger partial charge in [0.1, 0.15) is 10.6 Å². The van der Waals surface area contributed by atoms with Crippen molar-refractivity contribution < 1.29 is 9.53 Å². The van der Waals surface area contributed by atoms with Gasteiger partial charge in [-0.1, -0.05) is 37.3 Å². The Labute approximate surface area is 189 Å². The van der Waals surface area contributed by atoms with Gasteiger partial charge in [-0.3, -0.25) is 0 Å². The molecule has 2 aromatic heterocycles. The molecule has 0 aliphatic heterocycles. The number of thiophene rings is 1. The van der Waals surface area contributed by atoms with E-state index in [0.717, 1.165) is 34.0 Å². The Bertz CT molecular complexity index is 1090. The highest BCUT2D eigenvalue weighted by atomic mass is 32.1. The summed E-state index contributed by atoms with van der Waals surface area (Å²) < 4.78 is 5.07. The number of thiazole rings is 1. The van der Waals surface area contributed by atoms with Crippen molar-refractivity contribution in [1.82, 2.24) is 4.98 Å². The number of rotatable bonds is 4. The summed E-state index contributed by atoms with van der Waals surface area (Å²) in [4.78, 5) is 19.7. The van der Waals surface area contributed by atoms with E-state index in [4.69, 9.17) is 21.9 Å². The fourth-order valence-corrected chi connectivity index (χ4v) is 6.28. The third kappa shape index (κ3) is 4.26. The van der Waals surface area contributed by atoms with Crippen LogP contribution in [0.5, 0.6) is 0 Å². The Kier molecular flexibility index (Phi) is 6.17. The fraction of sp³-hybridized carbons (Fsp3) is 0.318. The minimum absolute atomic E-state index is 0.387. The van der Waals surface area contributed by atoms with Gasteiger partial charge in [0.05, 0.1) is 12.8 Å². The van der Waals surface area contributed by atoms with Crippen LogP contribution in [0.1, 0.15) is 39.2 Å². The number of thiocarbonyl (C=S) groups is 1. The number of hydrogen-bond acceptors (Lipinski definition) is 6. The lowest BCUT2D eigenvalue weighted by molar-refractivity contribution is 0.0603. The van der Waals surface area contributed by atoms with Crippen LogP contribution in [0.2, 0.25) is 0 Å². The number of carbonyl (C=O) groups is 1. The summed E-state index contributed by atoms with van der Waals surface area (Å²) in [5.74, 6) is 0.311. The van der Waals surface area contributed by atoms with E-state index in [9.17, 15) is 4.79 Å². The lowest BCUT2D eigenvalue weighted by Crippen LogP contribution is -2.20. The van der Waals surface area contributed by atoms with E-state index in [2.05, 4.69) is 17.6 Å². The third-order valence-corrected chi connectivity index (χ3v) is 7.43. The van der Waals surface area contributed by atoms with Crippen molar-refractivity contribution in [3.8, 4) is 11.1 Å². The van der Waals surface area contributed by atoms with Gasteiger partial charge in [0.25, 0.3) is 0 Å². The van der Waals surface area contributed by atoms with Gasteiger partial charge in [0.15, 0.2) is 10.2 Å². The van der Waals surface area contributed by atoms with Gasteiger partial charge >= 0.3 is 5.97 Å². The molecule has 4 rings (SSSR count). The molecule has 0 fully saturated rings. The summed E-state index contributed by atoms with van der Waals surface area (Å²) >= 11 is 8.68. The summed E-state index contributed by atoms with van der Waals surface area (Å²) in [5.41, 5.74) is 3.52. The van der Waals surface area contributed by atoms with Crippen LogP contribution in [0, 0.1) is 12.8 Å². The number of benzene rings is 1. The molecule has 3 aromatic rings. The zero-order valence-electron chi connectivity index (χ0n) is 17.1. The molecule has 5 nitrogen and oxygen atoms in total. The molecule has 1 aliphatic rings. The first-order valence-electron chi connectivity index (χ1n) is 9.80. The number of carbonyl (C=O) groups excluding carboxylic acids is 1. The summed E-state index contributed by atoms with van der Waals surface area (Å²) in [7, 11) is 1.39. The second-order valence-electron chi connectivity index (χ2n) is 7.41. The molecule has 8 heteroatoms. The number of fused-ring (bicyclic) bond motifs is 1. The molecular formula is C22H23N3O2S3. The Balaban J connectivity index is 1.58. The van der Waals surface area contributed by atoms with E-state index in [-0.39, 0.29) is 5.97 Å². The quantitative estimate of drug-likeness (QED) is 0.376. The van der Waals surface area contributed by atoms with Gasteiger partial charge in [-0.05, 0) is 49.9 Å². The third-order valence-electron chi connectivity index (χ3n) is 5.17. The number of esters is 1. The van der Waals surface area contributed by atoms with Crippen molar-refractivity contribution in [2.24, 2.45) is 5.92 Å². The smallest absolute Gasteiger partial charge is 0.341 e. The maximum atomic E-state index is 12.6. The summed E-state index contributed by atoms with van der Waals surface area (Å²) in [5, 5.41) is 8.28. The van der Waals surface area contributed by atoms with E-state index in [0.29, 0.717) is 21.6 Å². The predicted octanol–water partition coefficient (Wildman–Crippen LogP) is 5.90. The molecule has 30 heavy (non-hydrogen) atoms. The average Bonchev–Trinajstić information content (AvgIpc) is 3.27. The number of nitrogens with one attached hydrogen (secondary N) is 2. The van der Waals surface area contributed by atoms with Crippen molar-refractivity contribution in [1.29, 1.82) is 0 Å². The van der Waals surface area contributed by atoms with E-state index >= 15 is 0 Å². The number of aryl methyl sites for hydroxylation is 2. The standard InChI is InChI=1S/C22H23N3O2S3/c1-12-9-10-15-16(11-12)30-22(23-15)25-21(28)24-19-18(20(26)27-3)17(13(2)29-19)14-7-5-4-6-8-14/h4-8,12H,9-11H2,1-3H3,(H2,23,24,25,28). The van der Waals surface area contributed by atoms with Crippen LogP contribution < -0.4 is 10.6 Å². The molecule has 0 saturated heterocycles. The minimum Gasteiger partial charge on any atom is -0.465 e. The zero-order chi connectivity index (χ0) is 21.3. The number of aromatic nitrogens is 1. The highest BCUT2D eigenvalue weighted by Gasteiger charge is 2.25. The van der Waals surface area contributed by atoms with Crippen LogP contribution in [-0.2, 0) is 17.6 Å². The van der Waals surface area contributed by atoms with Crippen LogP contribution in [0.15, 0.2) is 30.3 Å². The maximum absolute atomic E-state index is 12.6. The first kappa shape index (κ1) is 21.0. The topological polar surface area (TPSA) is 63.2 Å². The van der Waals surface area contributed by atoms with E-state index in [1.807, 2.05) is 37.3 Å². The van der Waals surface area contributed by atoms with Crippen molar-refractivity contribution in [2.75, 3.05) is 17.7 Å². The summed E-state index contributed by atoms with van der Waals surface area (Å²) in [6.45, 7) is 4.27. The molecule has 2 heterocycles. The molecule has 0 radical (unpaired) electrons. The molecular weight excluding hydrogens is 434 g/mol. The molecule has 1 aromatic carbocycles. The molecule has 1 aliphatic carbocycles. The van der Waals surface area contributed by atoms with Gasteiger partial charge in [0, 0.05) is 15.3 Å². The monoisotopic (exact) mass is 457 g/mol. The molecule has 0 saturated carbocycles. The van der Waals surface area contributed by atoms with Crippen LogP contribution >= 0.6 is 34.9 Å². The zero-order valence-corrected chi connectivity index (χ0v) is 19.5. The Morgan fingerprint density at radius 3 is 2.73 bits per heavy atom. The molecule has 1 unspecified atom stereocenters. The predicted molar refractivity (Wildman–Crippen MR) is 129 cm³/mol. The largest absolute Gasteiger partial charge is 0.465 e. The fourth-order valence-electron chi connectivity index (χ4n) is 3.71. The number of anilines is 2. The van der Waals surface area contributed by atoms with Crippen molar-refractivity contribution >= 4 is 56.1 Å². The average molecular weight is 458 g/mol. The molecule has 2 N–H and O–H groups in total. The van der Waals surface area contributed by atoms with Crippen LogP contribution in [0.25, 0.3) is 11.1 Å². The van der Waals surface area contributed by atoms with Crippen molar-refractivity contribution in [3.63, 3.8) is 0 Å². The van der Waals surface area contributed by atoms with Gasteiger partial charge in [-0.15, -0.1) is 22.7 Å². The molecule has 0 amide bonds. The molecule has 1 atom stereocenters. The van der Waals surface area contributed by atoms with E-state index in [1.165, 1.54) is 35.4 Å². The number of methoxy groups -OCH3 is 1. The Morgan fingerprint density at radius 1 is 1.23 bits per heavy atom. The maximum Gasteiger partial charge on any atom is 0.341 e. The van der Waals surface area contributed by atoms with E-state index < -0.39 is 0 Å². The van der Waals surface area contributed by atoms with Gasteiger partial charge in [0.2, 0.25) is 0 Å². The number of ether oxygens (including phenoxy) is 1. The number of hydrogen-bond donors (Lipinski definition) is 2. The van der Waals surface area contributed by atoms with E-state index in [1.54, 1.807) is 11.3 Å². The van der Waals surface area contributed by atoms with Crippen molar-refractivity contribution in [2.45, 2.75) is 33.1 Å². The van der Waals surface area contributed by atoms with Gasteiger partial charge in [-0.2, -0.15) is 0 Å². The molecule has 0 spiro atoms. The lowest BCUT2D eigenvalue weighted by Gasteiger charge is -2.15. The molecule has 0 bridgehead atoms. The number of nitrogens with zero attached hydrogens (tertiary/aromatic N) is 1. The van der Waals surface area contributed by atoms with Crippen LogP contribution in [0.3, 0.4) is 0 Å². The summed E-state index contributed by atoms with van der Waals surface area (Å²) in [6.07, 6.45) is 3.27. The highest BCUT2D eigenvalue weighted by molar-refractivity contribution is 7.80. The normalized spacial score (nSPS) is 15.4. The van der Waals surface area contributed by atoms with Crippen LogP contribution in [-0.4, -0.2) is 23.2 Å². The lowest BCUT2D eigenvalue weighted by atomic mass is 9.93. The second kappa shape index (κ2) is 8.83. The SMILES string of the molecule is COC(=O)c1c(NC(=S)Nc2nc3c(s2)CC(C)CC3)sc(C)c1-c1ccccc1. The van der Waals surface area contributed by atoms with Gasteiger partial charge in [-0.25, -0.2) is 9.78 Å². The van der Waals surface area contributed by atoms with Gasteiger partial charge < -0.3 is 15.4 Å². The highest BCUT2D eigenvalue weighted by Crippen LogP contribution is 2.40.